The Bertz CT molecular complexity index is 345. The first kappa shape index (κ1) is 10.5. The lowest BCUT2D eigenvalue weighted by Gasteiger charge is -2.15. The lowest BCUT2D eigenvalue weighted by atomic mass is 9.92. The van der Waals surface area contributed by atoms with Crippen LogP contribution in [0, 0.1) is 0 Å². The van der Waals surface area contributed by atoms with Crippen LogP contribution in [0.5, 0.6) is 0 Å². The molecule has 0 unspecified atom stereocenters. The third kappa shape index (κ3) is 2.00. The lowest BCUT2D eigenvalue weighted by molar-refractivity contribution is 0.184. The SMILES string of the molecule is CC(C)(C)c1cc(N)n([C@H]2CCOC2)n1. The summed E-state index contributed by atoms with van der Waals surface area (Å²) < 4.78 is 7.26. The Kier molecular flexibility index (Phi) is 2.46. The highest BCUT2D eigenvalue weighted by Crippen LogP contribution is 2.27. The summed E-state index contributed by atoms with van der Waals surface area (Å²) in [6.07, 6.45) is 1.01. The van der Waals surface area contributed by atoms with Gasteiger partial charge < -0.3 is 10.5 Å². The molecular formula is C11H19N3O. The van der Waals surface area contributed by atoms with Crippen LogP contribution in [-0.4, -0.2) is 23.0 Å². The molecule has 0 aromatic carbocycles. The first-order chi connectivity index (χ1) is 6.98. The number of nitrogen functional groups attached to an aromatic ring is 1. The molecule has 0 radical (unpaired) electrons. The molecule has 0 amide bonds. The summed E-state index contributed by atoms with van der Waals surface area (Å²) in [5.41, 5.74) is 7.07. The number of rotatable bonds is 1. The molecule has 1 fully saturated rings. The molecule has 4 nitrogen and oxygen atoms in total. The Morgan fingerprint density at radius 2 is 2.27 bits per heavy atom. The maximum atomic E-state index is 5.96. The van der Waals surface area contributed by atoms with E-state index < -0.39 is 0 Å². The Hall–Kier alpha value is -1.03. The van der Waals surface area contributed by atoms with Crippen LogP contribution >= 0.6 is 0 Å². The van der Waals surface area contributed by atoms with Gasteiger partial charge in [-0.05, 0) is 6.42 Å². The van der Waals surface area contributed by atoms with Crippen molar-refractivity contribution < 1.29 is 4.74 Å². The molecule has 1 aromatic rings. The summed E-state index contributed by atoms with van der Waals surface area (Å²) in [5.74, 6) is 0.746. The van der Waals surface area contributed by atoms with Gasteiger partial charge in [0.1, 0.15) is 5.82 Å². The van der Waals surface area contributed by atoms with Crippen molar-refractivity contribution in [2.75, 3.05) is 18.9 Å². The molecule has 1 aliphatic rings. The Morgan fingerprint density at radius 1 is 1.53 bits per heavy atom. The Labute approximate surface area is 90.4 Å². The second-order valence-electron chi connectivity index (χ2n) is 5.17. The van der Waals surface area contributed by atoms with Gasteiger partial charge in [0.25, 0.3) is 0 Å². The number of nitrogens with two attached hydrogens (primary N) is 1. The van der Waals surface area contributed by atoms with Crippen molar-refractivity contribution in [1.29, 1.82) is 0 Å². The fourth-order valence-electron chi connectivity index (χ4n) is 1.78. The number of ether oxygens (including phenoxy) is 1. The van der Waals surface area contributed by atoms with Gasteiger partial charge in [-0.2, -0.15) is 5.10 Å². The predicted octanol–water partition coefficient (Wildman–Crippen LogP) is 1.72. The molecule has 0 aliphatic carbocycles. The Balaban J connectivity index is 2.29. The molecule has 15 heavy (non-hydrogen) atoms. The second kappa shape index (κ2) is 3.52. The number of hydrogen-bond donors (Lipinski definition) is 1. The van der Waals surface area contributed by atoms with Gasteiger partial charge in [0.15, 0.2) is 0 Å². The molecule has 1 saturated heterocycles. The second-order valence-corrected chi connectivity index (χ2v) is 5.17. The van der Waals surface area contributed by atoms with Gasteiger partial charge in [0, 0.05) is 18.1 Å². The molecule has 0 bridgehead atoms. The van der Waals surface area contributed by atoms with Crippen molar-refractivity contribution >= 4 is 5.82 Å². The zero-order chi connectivity index (χ0) is 11.1. The summed E-state index contributed by atoms with van der Waals surface area (Å²) in [7, 11) is 0. The molecule has 1 atom stereocenters. The molecule has 2 N–H and O–H groups in total. The molecule has 2 rings (SSSR count). The van der Waals surface area contributed by atoms with Gasteiger partial charge in [-0.25, -0.2) is 4.68 Å². The van der Waals surface area contributed by atoms with Gasteiger partial charge in [0.05, 0.1) is 18.3 Å². The molecule has 0 spiro atoms. The highest BCUT2D eigenvalue weighted by atomic mass is 16.5. The predicted molar refractivity (Wildman–Crippen MR) is 59.8 cm³/mol. The smallest absolute Gasteiger partial charge is 0.122 e. The molecular weight excluding hydrogens is 190 g/mol. The monoisotopic (exact) mass is 209 g/mol. The number of aromatic nitrogens is 2. The van der Waals surface area contributed by atoms with E-state index in [9.17, 15) is 0 Å². The van der Waals surface area contributed by atoms with Crippen molar-refractivity contribution in [2.45, 2.75) is 38.6 Å². The summed E-state index contributed by atoms with van der Waals surface area (Å²) in [6.45, 7) is 7.98. The van der Waals surface area contributed by atoms with Crippen LogP contribution in [0.1, 0.15) is 38.9 Å². The first-order valence-electron chi connectivity index (χ1n) is 5.42. The average molecular weight is 209 g/mol. The topological polar surface area (TPSA) is 53.1 Å². The largest absolute Gasteiger partial charge is 0.384 e. The van der Waals surface area contributed by atoms with E-state index in [-0.39, 0.29) is 5.41 Å². The van der Waals surface area contributed by atoms with Crippen LogP contribution in [-0.2, 0) is 10.2 Å². The quantitative estimate of drug-likeness (QED) is 0.766. The van der Waals surface area contributed by atoms with Gasteiger partial charge in [-0.3, -0.25) is 0 Å². The van der Waals surface area contributed by atoms with Crippen molar-refractivity contribution in [2.24, 2.45) is 0 Å². The maximum absolute atomic E-state index is 5.96. The summed E-state index contributed by atoms with van der Waals surface area (Å²) in [5, 5.41) is 4.57. The number of nitrogens with zero attached hydrogens (tertiary/aromatic N) is 2. The van der Waals surface area contributed by atoms with Gasteiger partial charge in [-0.15, -0.1) is 0 Å². The van der Waals surface area contributed by atoms with E-state index in [1.54, 1.807) is 0 Å². The van der Waals surface area contributed by atoms with E-state index in [1.807, 2.05) is 10.7 Å². The molecule has 2 heterocycles. The number of hydrogen-bond acceptors (Lipinski definition) is 3. The molecule has 1 aliphatic heterocycles. The van der Waals surface area contributed by atoms with Crippen molar-refractivity contribution in [3.05, 3.63) is 11.8 Å². The van der Waals surface area contributed by atoms with Gasteiger partial charge in [-0.1, -0.05) is 20.8 Å². The number of anilines is 1. The summed E-state index contributed by atoms with van der Waals surface area (Å²) in [4.78, 5) is 0. The van der Waals surface area contributed by atoms with Crippen molar-refractivity contribution in [1.82, 2.24) is 9.78 Å². The highest BCUT2D eigenvalue weighted by Gasteiger charge is 2.24. The zero-order valence-corrected chi connectivity index (χ0v) is 9.66. The van der Waals surface area contributed by atoms with E-state index in [1.165, 1.54) is 0 Å². The maximum Gasteiger partial charge on any atom is 0.122 e. The molecule has 84 valence electrons. The van der Waals surface area contributed by atoms with Crippen molar-refractivity contribution in [3.8, 4) is 0 Å². The van der Waals surface area contributed by atoms with Crippen LogP contribution in [0.15, 0.2) is 6.07 Å². The van der Waals surface area contributed by atoms with E-state index in [0.717, 1.165) is 31.1 Å². The summed E-state index contributed by atoms with van der Waals surface area (Å²) in [6, 6.07) is 2.29. The van der Waals surface area contributed by atoms with Crippen LogP contribution in [0.4, 0.5) is 5.82 Å². The van der Waals surface area contributed by atoms with E-state index in [0.29, 0.717) is 6.04 Å². The van der Waals surface area contributed by atoms with Crippen LogP contribution < -0.4 is 5.73 Å². The fraction of sp³-hybridized carbons (Fsp3) is 0.727. The fourth-order valence-corrected chi connectivity index (χ4v) is 1.78. The van der Waals surface area contributed by atoms with Crippen molar-refractivity contribution in [3.63, 3.8) is 0 Å². The van der Waals surface area contributed by atoms with Gasteiger partial charge in [0.2, 0.25) is 0 Å². The Morgan fingerprint density at radius 3 is 2.73 bits per heavy atom. The average Bonchev–Trinajstić information content (AvgIpc) is 2.69. The minimum absolute atomic E-state index is 0.0544. The van der Waals surface area contributed by atoms with Crippen LogP contribution in [0.2, 0.25) is 0 Å². The minimum atomic E-state index is 0.0544. The van der Waals surface area contributed by atoms with Crippen LogP contribution in [0.3, 0.4) is 0 Å². The highest BCUT2D eigenvalue weighted by molar-refractivity contribution is 5.34. The standard InChI is InChI=1S/C11H19N3O/c1-11(2,3)9-6-10(12)14(13-9)8-4-5-15-7-8/h6,8H,4-5,7,12H2,1-3H3/t8-/m0/s1. The summed E-state index contributed by atoms with van der Waals surface area (Å²) >= 11 is 0. The normalized spacial score (nSPS) is 22.2. The first-order valence-corrected chi connectivity index (χ1v) is 5.42. The minimum Gasteiger partial charge on any atom is -0.384 e. The van der Waals surface area contributed by atoms with E-state index in [2.05, 4.69) is 25.9 Å². The third-order valence-corrected chi connectivity index (χ3v) is 2.78. The molecule has 0 saturated carbocycles. The third-order valence-electron chi connectivity index (χ3n) is 2.78. The zero-order valence-electron chi connectivity index (χ0n) is 9.66. The molecule has 1 aromatic heterocycles. The van der Waals surface area contributed by atoms with Crippen LogP contribution in [0.25, 0.3) is 0 Å². The van der Waals surface area contributed by atoms with E-state index in [4.69, 9.17) is 10.5 Å². The lowest BCUT2D eigenvalue weighted by Crippen LogP contribution is -2.16. The van der Waals surface area contributed by atoms with Gasteiger partial charge >= 0.3 is 0 Å². The van der Waals surface area contributed by atoms with E-state index >= 15 is 0 Å². The molecule has 4 heteroatoms.